The predicted molar refractivity (Wildman–Crippen MR) is 87.8 cm³/mol. The normalized spacial score (nSPS) is 43.6. The zero-order chi connectivity index (χ0) is 18.6. The summed E-state index contributed by atoms with van der Waals surface area (Å²) in [4.78, 5) is 0. The van der Waals surface area contributed by atoms with Gasteiger partial charge in [0.05, 0.1) is 12.2 Å². The van der Waals surface area contributed by atoms with Crippen LogP contribution in [0.5, 0.6) is 0 Å². The van der Waals surface area contributed by atoms with E-state index in [-0.39, 0.29) is 18.1 Å². The van der Waals surface area contributed by atoms with Crippen molar-refractivity contribution < 1.29 is 31.2 Å². The standard InChI is InChI=1S/C17H28F2O5S/c1-4-16(23-3)10(2)5-11-6-13-12(7-15(13)16)14(11)8-24-9-17(18,19)25(20,21)22/h10-15H,4-9H2,1-3H3,(H,20,21,22). The molecule has 3 saturated carbocycles. The number of rotatable bonds is 7. The first kappa shape index (κ1) is 19.5. The summed E-state index contributed by atoms with van der Waals surface area (Å²) >= 11 is 0. The lowest BCUT2D eigenvalue weighted by atomic mass is 9.54. The average molecular weight is 382 g/mol. The van der Waals surface area contributed by atoms with Gasteiger partial charge in [-0.05, 0) is 61.2 Å². The summed E-state index contributed by atoms with van der Waals surface area (Å²) in [5.74, 6) is 2.49. The average Bonchev–Trinajstić information content (AvgIpc) is 2.69. The van der Waals surface area contributed by atoms with Crippen LogP contribution in [0, 0.1) is 35.5 Å². The number of methoxy groups -OCH3 is 1. The molecule has 0 aromatic heterocycles. The van der Waals surface area contributed by atoms with Crippen molar-refractivity contribution in [2.45, 2.75) is 50.4 Å². The highest BCUT2D eigenvalue weighted by Gasteiger charge is 2.63. The van der Waals surface area contributed by atoms with Crippen LogP contribution in [-0.2, 0) is 19.6 Å². The molecule has 8 heteroatoms. The van der Waals surface area contributed by atoms with Crippen LogP contribution >= 0.6 is 0 Å². The summed E-state index contributed by atoms with van der Waals surface area (Å²) in [5.41, 5.74) is -0.0836. The molecular formula is C17H28F2O5S. The van der Waals surface area contributed by atoms with Gasteiger partial charge in [-0.25, -0.2) is 0 Å². The van der Waals surface area contributed by atoms with Crippen molar-refractivity contribution in [1.29, 1.82) is 0 Å². The largest absolute Gasteiger partial charge is 0.392 e. The lowest BCUT2D eigenvalue weighted by Gasteiger charge is -2.56. The Bertz CT molecular complexity index is 604. The smallest absolute Gasteiger partial charge is 0.378 e. The van der Waals surface area contributed by atoms with Crippen molar-refractivity contribution in [3.05, 3.63) is 0 Å². The minimum absolute atomic E-state index is 0.0836. The SMILES string of the molecule is CCC1(OC)C(C)CC2CC3C(CC31)C2COCC(F)(F)S(=O)(=O)O. The second-order valence-corrected chi connectivity index (χ2v) is 9.65. The Morgan fingerprint density at radius 2 is 1.92 bits per heavy atom. The molecule has 0 aromatic carbocycles. The summed E-state index contributed by atoms with van der Waals surface area (Å²) in [5, 5.41) is -4.25. The Kier molecular flexibility index (Phi) is 4.97. The second-order valence-electron chi connectivity index (χ2n) is 8.11. The maximum Gasteiger partial charge on any atom is 0.392 e. The zero-order valence-corrected chi connectivity index (χ0v) is 15.8. The van der Waals surface area contributed by atoms with Crippen LogP contribution in [0.2, 0.25) is 0 Å². The van der Waals surface area contributed by atoms with Gasteiger partial charge in [-0.2, -0.15) is 17.2 Å². The molecule has 3 fully saturated rings. The fourth-order valence-electron chi connectivity index (χ4n) is 6.06. The third kappa shape index (κ3) is 2.93. The summed E-state index contributed by atoms with van der Waals surface area (Å²) in [6.07, 6.45) is 4.06. The minimum atomic E-state index is -5.43. The Labute approximate surface area is 148 Å². The number of alkyl halides is 2. The molecule has 0 spiro atoms. The summed E-state index contributed by atoms with van der Waals surface area (Å²) in [7, 11) is -3.63. The van der Waals surface area contributed by atoms with E-state index in [1.807, 2.05) is 0 Å². The maximum atomic E-state index is 13.3. The minimum Gasteiger partial charge on any atom is -0.378 e. The molecule has 0 heterocycles. The van der Waals surface area contributed by atoms with Crippen LogP contribution in [0.4, 0.5) is 8.78 Å². The van der Waals surface area contributed by atoms with Gasteiger partial charge < -0.3 is 9.47 Å². The molecule has 3 aliphatic carbocycles. The molecule has 0 aliphatic heterocycles. The molecular weight excluding hydrogens is 354 g/mol. The summed E-state index contributed by atoms with van der Waals surface area (Å²) in [6.45, 7) is 3.22. The molecule has 0 amide bonds. The number of ether oxygens (including phenoxy) is 2. The quantitative estimate of drug-likeness (QED) is 0.685. The van der Waals surface area contributed by atoms with Crippen molar-refractivity contribution in [3.8, 4) is 0 Å². The van der Waals surface area contributed by atoms with Gasteiger partial charge in [0.15, 0.2) is 0 Å². The van der Waals surface area contributed by atoms with E-state index in [1.54, 1.807) is 7.11 Å². The van der Waals surface area contributed by atoms with E-state index in [2.05, 4.69) is 13.8 Å². The van der Waals surface area contributed by atoms with Crippen LogP contribution in [0.3, 0.4) is 0 Å². The lowest BCUT2D eigenvalue weighted by molar-refractivity contribution is -0.173. The molecule has 2 bridgehead atoms. The molecule has 0 saturated heterocycles. The van der Waals surface area contributed by atoms with E-state index < -0.39 is 22.0 Å². The van der Waals surface area contributed by atoms with E-state index in [0.717, 1.165) is 25.7 Å². The van der Waals surface area contributed by atoms with Gasteiger partial charge in [0.2, 0.25) is 0 Å². The molecule has 146 valence electrons. The van der Waals surface area contributed by atoms with Gasteiger partial charge in [0, 0.05) is 7.11 Å². The molecule has 0 radical (unpaired) electrons. The number of hydrogen-bond donors (Lipinski definition) is 1. The molecule has 5 nitrogen and oxygen atoms in total. The molecule has 3 aliphatic rings. The van der Waals surface area contributed by atoms with E-state index in [1.165, 1.54) is 0 Å². The predicted octanol–water partition coefficient (Wildman–Crippen LogP) is 3.21. The first-order valence-corrected chi connectivity index (χ1v) is 10.5. The third-order valence-electron chi connectivity index (χ3n) is 7.33. The van der Waals surface area contributed by atoms with E-state index in [9.17, 15) is 17.2 Å². The summed E-state index contributed by atoms with van der Waals surface area (Å²) < 4.78 is 67.6. The highest BCUT2D eigenvalue weighted by Crippen LogP contribution is 2.66. The van der Waals surface area contributed by atoms with Crippen molar-refractivity contribution in [1.82, 2.24) is 0 Å². The van der Waals surface area contributed by atoms with E-state index in [0.29, 0.717) is 29.6 Å². The molecule has 7 atom stereocenters. The molecule has 3 rings (SSSR count). The molecule has 0 aromatic rings. The maximum absolute atomic E-state index is 13.3. The Balaban J connectivity index is 1.65. The van der Waals surface area contributed by atoms with Crippen LogP contribution in [0.15, 0.2) is 0 Å². The Hall–Kier alpha value is -0.310. The number of fused-ring (bicyclic) bond motifs is 1. The number of halogens is 2. The van der Waals surface area contributed by atoms with Crippen LogP contribution in [0.1, 0.15) is 39.5 Å². The zero-order valence-electron chi connectivity index (χ0n) is 15.0. The van der Waals surface area contributed by atoms with Gasteiger partial charge in [0.1, 0.15) is 6.61 Å². The van der Waals surface area contributed by atoms with Crippen LogP contribution in [-0.4, -0.2) is 44.1 Å². The van der Waals surface area contributed by atoms with Gasteiger partial charge in [0.25, 0.3) is 0 Å². The topological polar surface area (TPSA) is 72.8 Å². The fourth-order valence-corrected chi connectivity index (χ4v) is 6.29. The van der Waals surface area contributed by atoms with Crippen LogP contribution < -0.4 is 0 Å². The van der Waals surface area contributed by atoms with E-state index >= 15 is 0 Å². The highest BCUT2D eigenvalue weighted by molar-refractivity contribution is 7.86. The van der Waals surface area contributed by atoms with Gasteiger partial charge in [-0.15, -0.1) is 0 Å². The first-order valence-electron chi connectivity index (χ1n) is 9.05. The monoisotopic (exact) mass is 382 g/mol. The van der Waals surface area contributed by atoms with Crippen molar-refractivity contribution in [2.75, 3.05) is 20.3 Å². The van der Waals surface area contributed by atoms with Crippen molar-refractivity contribution in [3.63, 3.8) is 0 Å². The molecule has 25 heavy (non-hydrogen) atoms. The van der Waals surface area contributed by atoms with Gasteiger partial charge in [-0.1, -0.05) is 13.8 Å². The highest BCUT2D eigenvalue weighted by atomic mass is 32.2. The van der Waals surface area contributed by atoms with Crippen LogP contribution in [0.25, 0.3) is 0 Å². The third-order valence-corrected chi connectivity index (χ3v) is 8.20. The van der Waals surface area contributed by atoms with Gasteiger partial charge in [-0.3, -0.25) is 4.55 Å². The number of hydrogen-bond acceptors (Lipinski definition) is 4. The van der Waals surface area contributed by atoms with Crippen molar-refractivity contribution >= 4 is 10.1 Å². The van der Waals surface area contributed by atoms with Crippen molar-refractivity contribution in [2.24, 2.45) is 35.5 Å². The Morgan fingerprint density at radius 1 is 1.24 bits per heavy atom. The fraction of sp³-hybridized carbons (Fsp3) is 1.00. The second kappa shape index (κ2) is 6.39. The summed E-state index contributed by atoms with van der Waals surface area (Å²) in [6, 6.07) is 0. The van der Waals surface area contributed by atoms with Gasteiger partial charge >= 0.3 is 15.4 Å². The molecule has 7 unspecified atom stereocenters. The Morgan fingerprint density at radius 3 is 2.48 bits per heavy atom. The van der Waals surface area contributed by atoms with E-state index in [4.69, 9.17) is 14.0 Å². The molecule has 1 N–H and O–H groups in total. The lowest BCUT2D eigenvalue weighted by Crippen LogP contribution is -2.56. The first-order chi connectivity index (χ1) is 11.6.